The number of rotatable bonds is 6. The summed E-state index contributed by atoms with van der Waals surface area (Å²) in [6.07, 6.45) is 0. The molecule has 3 heterocycles. The Morgan fingerprint density at radius 2 is 1.14 bits per heavy atom. The number of aromatic amines is 2. The maximum atomic E-state index is 8.39. The van der Waals surface area contributed by atoms with Gasteiger partial charge in [-0.15, -0.1) is 0 Å². The topological polar surface area (TPSA) is 142 Å². The summed E-state index contributed by atoms with van der Waals surface area (Å²) in [5.41, 5.74) is 4.54. The van der Waals surface area contributed by atoms with Gasteiger partial charge in [0.1, 0.15) is 11.7 Å². The Bertz CT molecular complexity index is 1440. The van der Waals surface area contributed by atoms with Crippen LogP contribution in [0.4, 0.5) is 0 Å². The number of nitrogens with zero attached hydrogens (tertiary/aromatic N) is 2. The molecule has 0 fully saturated rings. The number of hydrogen-bond donors (Lipinski definition) is 6. The first-order chi connectivity index (χ1) is 16.8. The zero-order chi connectivity index (χ0) is 24.7. The molecule has 5 rings (SSSR count). The molecular weight excluding hydrogens is 440 g/mol. The minimum absolute atomic E-state index is 0.151. The zero-order valence-electron chi connectivity index (χ0n) is 20.1. The fourth-order valence-corrected chi connectivity index (χ4v) is 4.03. The Kier molecular flexibility index (Phi) is 5.60. The van der Waals surface area contributed by atoms with Gasteiger partial charge in [0.2, 0.25) is 0 Å². The Labute approximate surface area is 202 Å². The lowest BCUT2D eigenvalue weighted by Gasteiger charge is -2.11. The van der Waals surface area contributed by atoms with Crippen LogP contribution in [-0.4, -0.2) is 43.7 Å². The van der Waals surface area contributed by atoms with E-state index >= 15 is 0 Å². The van der Waals surface area contributed by atoms with E-state index in [-0.39, 0.29) is 12.1 Å². The molecule has 0 unspecified atom stereocenters. The van der Waals surface area contributed by atoms with Crippen LogP contribution >= 0.6 is 0 Å². The van der Waals surface area contributed by atoms with E-state index in [1.807, 2.05) is 76.2 Å². The van der Waals surface area contributed by atoms with Gasteiger partial charge in [0.05, 0.1) is 22.1 Å². The fraction of sp³-hybridized carbons (Fsp3) is 0.231. The summed E-state index contributed by atoms with van der Waals surface area (Å²) in [5.74, 6) is 2.96. The van der Waals surface area contributed by atoms with Crippen LogP contribution < -0.4 is 10.6 Å². The van der Waals surface area contributed by atoms with Gasteiger partial charge in [0.15, 0.2) is 23.2 Å². The molecule has 0 spiro atoms. The van der Waals surface area contributed by atoms with Crippen molar-refractivity contribution in [2.24, 2.45) is 0 Å². The van der Waals surface area contributed by atoms with Crippen molar-refractivity contribution in [3.8, 4) is 23.2 Å². The van der Waals surface area contributed by atoms with E-state index in [4.69, 9.17) is 25.2 Å². The van der Waals surface area contributed by atoms with Gasteiger partial charge in [-0.1, -0.05) is 12.1 Å². The van der Waals surface area contributed by atoms with Crippen LogP contribution in [0.5, 0.6) is 0 Å². The summed E-state index contributed by atoms with van der Waals surface area (Å²) in [5, 5.41) is 23.1. The summed E-state index contributed by atoms with van der Waals surface area (Å²) in [7, 11) is 0. The SMILES string of the molecule is CC(C)NC(=N)c1cccc2[nH]c(-c3ccc(-c4nc5c(C(=N)NC(C)C)cccc5[nH]4)o3)nc12. The Hall–Kier alpha value is -4.40. The van der Waals surface area contributed by atoms with E-state index in [2.05, 4.69) is 20.6 Å². The van der Waals surface area contributed by atoms with Crippen LogP contribution in [0.25, 0.3) is 45.2 Å². The maximum absolute atomic E-state index is 8.39. The highest BCUT2D eigenvalue weighted by molar-refractivity contribution is 6.07. The average molecular weight is 469 g/mol. The van der Waals surface area contributed by atoms with Gasteiger partial charge in [-0.3, -0.25) is 10.8 Å². The number of furan rings is 1. The lowest BCUT2D eigenvalue weighted by Crippen LogP contribution is -2.30. The highest BCUT2D eigenvalue weighted by Gasteiger charge is 2.18. The number of para-hydroxylation sites is 2. The normalized spacial score (nSPS) is 11.6. The molecule has 0 bridgehead atoms. The van der Waals surface area contributed by atoms with Gasteiger partial charge < -0.3 is 25.0 Å². The van der Waals surface area contributed by atoms with Crippen LogP contribution in [0.2, 0.25) is 0 Å². The molecule has 5 aromatic rings. The molecule has 9 nitrogen and oxygen atoms in total. The second kappa shape index (κ2) is 8.75. The van der Waals surface area contributed by atoms with Crippen molar-refractivity contribution in [2.45, 2.75) is 39.8 Å². The quantitative estimate of drug-likeness (QED) is 0.153. The first-order valence-electron chi connectivity index (χ1n) is 11.6. The van der Waals surface area contributed by atoms with E-state index < -0.39 is 0 Å². The van der Waals surface area contributed by atoms with E-state index in [1.54, 1.807) is 0 Å². The monoisotopic (exact) mass is 468 g/mol. The minimum Gasteiger partial charge on any atom is -0.450 e. The molecule has 0 saturated carbocycles. The van der Waals surface area contributed by atoms with Gasteiger partial charge in [0, 0.05) is 23.2 Å². The number of nitrogens with one attached hydrogen (secondary N) is 6. The highest BCUT2D eigenvalue weighted by atomic mass is 16.3. The molecule has 0 aliphatic heterocycles. The number of hydrogen-bond acceptors (Lipinski definition) is 5. The average Bonchev–Trinajstić information content (AvgIpc) is 3.54. The van der Waals surface area contributed by atoms with Crippen LogP contribution in [0.3, 0.4) is 0 Å². The second-order valence-corrected chi connectivity index (χ2v) is 9.09. The number of fused-ring (bicyclic) bond motifs is 2. The standard InChI is InChI=1S/C26H28N8O/c1-13(2)29-23(27)15-7-5-9-17-21(15)33-25(31-17)19-11-12-20(35-19)26-32-18-10-6-8-16(22(18)34-26)24(28)30-14(3)4/h5-14H,1-4H3,(H2,27,29)(H2,28,30)(H,31,33)(H,32,34). The molecule has 9 heteroatoms. The second-order valence-electron chi connectivity index (χ2n) is 9.09. The van der Waals surface area contributed by atoms with Crippen molar-refractivity contribution in [3.05, 3.63) is 59.7 Å². The van der Waals surface area contributed by atoms with Crippen molar-refractivity contribution in [1.82, 2.24) is 30.6 Å². The van der Waals surface area contributed by atoms with Crippen molar-refractivity contribution < 1.29 is 4.42 Å². The smallest absolute Gasteiger partial charge is 0.174 e. The van der Waals surface area contributed by atoms with Crippen molar-refractivity contribution in [1.29, 1.82) is 10.8 Å². The van der Waals surface area contributed by atoms with E-state index in [1.165, 1.54) is 0 Å². The number of H-pyrrole nitrogens is 2. The Morgan fingerprint density at radius 1 is 0.714 bits per heavy atom. The van der Waals surface area contributed by atoms with Gasteiger partial charge >= 0.3 is 0 Å². The lowest BCUT2D eigenvalue weighted by molar-refractivity contribution is 0.589. The Balaban J connectivity index is 1.49. The fourth-order valence-electron chi connectivity index (χ4n) is 4.03. The number of aromatic nitrogens is 4. The van der Waals surface area contributed by atoms with Crippen molar-refractivity contribution in [2.75, 3.05) is 0 Å². The molecule has 0 saturated heterocycles. The molecule has 6 N–H and O–H groups in total. The third kappa shape index (κ3) is 4.28. The van der Waals surface area contributed by atoms with E-state index in [0.717, 1.165) is 22.2 Å². The minimum atomic E-state index is 0.151. The van der Waals surface area contributed by atoms with Crippen LogP contribution in [0.1, 0.15) is 38.8 Å². The molecule has 0 aliphatic rings. The van der Waals surface area contributed by atoms with Crippen molar-refractivity contribution in [3.63, 3.8) is 0 Å². The van der Waals surface area contributed by atoms with Gasteiger partial charge in [-0.05, 0) is 64.1 Å². The first kappa shape index (κ1) is 22.4. The Morgan fingerprint density at radius 3 is 1.54 bits per heavy atom. The largest absolute Gasteiger partial charge is 0.450 e. The van der Waals surface area contributed by atoms with Gasteiger partial charge in [-0.2, -0.15) is 0 Å². The van der Waals surface area contributed by atoms with Gasteiger partial charge in [-0.25, -0.2) is 9.97 Å². The predicted molar refractivity (Wildman–Crippen MR) is 139 cm³/mol. The van der Waals surface area contributed by atoms with Crippen molar-refractivity contribution >= 4 is 33.7 Å². The van der Waals surface area contributed by atoms with Crippen LogP contribution in [0.15, 0.2) is 52.9 Å². The summed E-state index contributed by atoms with van der Waals surface area (Å²) in [6.45, 7) is 8.00. The highest BCUT2D eigenvalue weighted by Crippen LogP contribution is 2.29. The molecule has 0 radical (unpaired) electrons. The molecule has 0 atom stereocenters. The van der Waals surface area contributed by atoms with Crippen LogP contribution in [-0.2, 0) is 0 Å². The number of benzene rings is 2. The molecule has 2 aromatic carbocycles. The number of imidazole rings is 2. The molecule has 3 aromatic heterocycles. The summed E-state index contributed by atoms with van der Waals surface area (Å²) < 4.78 is 6.12. The molecule has 0 aliphatic carbocycles. The summed E-state index contributed by atoms with van der Waals surface area (Å²) in [4.78, 5) is 16.1. The molecular formula is C26H28N8O. The van der Waals surface area contributed by atoms with Gasteiger partial charge in [0.25, 0.3) is 0 Å². The third-order valence-corrected chi connectivity index (χ3v) is 5.50. The summed E-state index contributed by atoms with van der Waals surface area (Å²) >= 11 is 0. The first-order valence-corrected chi connectivity index (χ1v) is 11.6. The zero-order valence-corrected chi connectivity index (χ0v) is 20.1. The molecule has 178 valence electrons. The number of amidine groups is 2. The lowest BCUT2D eigenvalue weighted by atomic mass is 10.1. The summed E-state index contributed by atoms with van der Waals surface area (Å²) in [6, 6.07) is 15.4. The van der Waals surface area contributed by atoms with Crippen LogP contribution in [0, 0.1) is 10.8 Å². The maximum Gasteiger partial charge on any atom is 0.174 e. The van der Waals surface area contributed by atoms with E-state index in [9.17, 15) is 0 Å². The molecule has 0 amide bonds. The molecule has 35 heavy (non-hydrogen) atoms. The van der Waals surface area contributed by atoms with E-state index in [0.29, 0.717) is 45.9 Å². The third-order valence-electron chi connectivity index (χ3n) is 5.50. The predicted octanol–water partition coefficient (Wildman–Crippen LogP) is 5.01.